The molecule has 6 nitrogen and oxygen atoms in total. The fourth-order valence-corrected chi connectivity index (χ4v) is 2.91. The molecule has 25 heavy (non-hydrogen) atoms. The van der Waals surface area contributed by atoms with Crippen molar-refractivity contribution >= 4 is 23.2 Å². The maximum absolute atomic E-state index is 12.9. The van der Waals surface area contributed by atoms with Gasteiger partial charge >= 0.3 is 5.97 Å². The van der Waals surface area contributed by atoms with Crippen molar-refractivity contribution in [2.75, 3.05) is 6.61 Å². The van der Waals surface area contributed by atoms with Gasteiger partial charge in [0.05, 0.1) is 6.61 Å². The van der Waals surface area contributed by atoms with Crippen LogP contribution in [-0.2, 0) is 11.2 Å². The summed E-state index contributed by atoms with van der Waals surface area (Å²) in [5.74, 6) is -0.490. The number of carbonyl (C=O) groups excluding carboxylic acids is 1. The molecule has 0 amide bonds. The highest BCUT2D eigenvalue weighted by molar-refractivity contribution is 6.30. The van der Waals surface area contributed by atoms with Gasteiger partial charge in [-0.05, 0) is 38.5 Å². The minimum atomic E-state index is -0.490. The minimum absolute atomic E-state index is 0.226. The molecule has 3 aromatic rings. The van der Waals surface area contributed by atoms with Gasteiger partial charge in [-0.25, -0.2) is 14.3 Å². The molecule has 0 radical (unpaired) electrons. The number of fused-ring (bicyclic) bond motifs is 1. The lowest BCUT2D eigenvalue weighted by atomic mass is 10.1. The number of benzene rings is 1. The topological polar surface area (TPSA) is 76.5 Å². The third-order valence-corrected chi connectivity index (χ3v) is 4.29. The van der Waals surface area contributed by atoms with Crippen molar-refractivity contribution in [3.05, 3.63) is 67.7 Å². The summed E-state index contributed by atoms with van der Waals surface area (Å²) in [5.41, 5.74) is 3.02. The third kappa shape index (κ3) is 3.17. The smallest absolute Gasteiger partial charge is 0.343 e. The van der Waals surface area contributed by atoms with Crippen LogP contribution in [0.5, 0.6) is 0 Å². The van der Waals surface area contributed by atoms with Crippen LogP contribution in [0, 0.1) is 13.8 Å². The number of aromatic nitrogens is 3. The molecule has 0 unspecified atom stereocenters. The molecular weight excluding hydrogens is 342 g/mol. The van der Waals surface area contributed by atoms with Gasteiger partial charge in [0, 0.05) is 28.4 Å². The maximum Gasteiger partial charge on any atom is 0.343 e. The van der Waals surface area contributed by atoms with E-state index in [1.54, 1.807) is 32.9 Å². The van der Waals surface area contributed by atoms with Gasteiger partial charge in [-0.3, -0.25) is 9.89 Å². The fourth-order valence-electron chi connectivity index (χ4n) is 2.78. The second kappa shape index (κ2) is 6.72. The Morgan fingerprint density at radius 1 is 1.28 bits per heavy atom. The second-order valence-corrected chi connectivity index (χ2v) is 6.21. The second-order valence-electron chi connectivity index (χ2n) is 5.78. The summed E-state index contributed by atoms with van der Waals surface area (Å²) in [4.78, 5) is 29.5. The predicted octanol–water partition coefficient (Wildman–Crippen LogP) is 3.06. The van der Waals surface area contributed by atoms with Gasteiger partial charge in [-0.2, -0.15) is 0 Å². The summed E-state index contributed by atoms with van der Waals surface area (Å²) in [6, 6.07) is 7.32. The Bertz CT molecular complexity index is 1000. The summed E-state index contributed by atoms with van der Waals surface area (Å²) in [7, 11) is 0. The zero-order valence-corrected chi connectivity index (χ0v) is 15.0. The van der Waals surface area contributed by atoms with Crippen LogP contribution in [0.1, 0.15) is 39.8 Å². The van der Waals surface area contributed by atoms with Crippen molar-refractivity contribution in [2.45, 2.75) is 27.2 Å². The molecule has 1 aromatic carbocycles. The Morgan fingerprint density at radius 3 is 2.60 bits per heavy atom. The number of nitrogens with zero attached hydrogens (tertiary/aromatic N) is 2. The number of rotatable bonds is 4. The standard InChI is InChI=1S/C18H18ClN3O3/c1-4-25-18(24)15-11(3)21-22-16(15)20-10(2)14(17(22)23)9-12-5-7-13(19)8-6-12/h5-8,21H,4,9H2,1-3H3. The SMILES string of the molecule is CCOC(=O)c1c(C)[nH]n2c(=O)c(Cc3ccc(Cl)cc3)c(C)nc12. The van der Waals surface area contributed by atoms with E-state index in [0.29, 0.717) is 39.6 Å². The minimum Gasteiger partial charge on any atom is -0.462 e. The lowest BCUT2D eigenvalue weighted by molar-refractivity contribution is 0.0527. The Labute approximate surface area is 149 Å². The van der Waals surface area contributed by atoms with E-state index in [0.717, 1.165) is 5.56 Å². The molecule has 130 valence electrons. The number of nitrogens with one attached hydrogen (secondary N) is 1. The summed E-state index contributed by atoms with van der Waals surface area (Å²) >= 11 is 5.90. The van der Waals surface area contributed by atoms with Crippen LogP contribution in [0.4, 0.5) is 0 Å². The first-order valence-corrected chi connectivity index (χ1v) is 8.32. The Kier molecular flexibility index (Phi) is 4.63. The predicted molar refractivity (Wildman–Crippen MR) is 95.5 cm³/mol. The van der Waals surface area contributed by atoms with Crippen LogP contribution < -0.4 is 5.56 Å². The number of ether oxygens (including phenoxy) is 1. The Hall–Kier alpha value is -2.60. The highest BCUT2D eigenvalue weighted by atomic mass is 35.5. The van der Waals surface area contributed by atoms with E-state index in [-0.39, 0.29) is 12.2 Å². The van der Waals surface area contributed by atoms with Crippen LogP contribution in [0.15, 0.2) is 29.1 Å². The van der Waals surface area contributed by atoms with Gasteiger partial charge in [0.15, 0.2) is 5.65 Å². The highest BCUT2D eigenvalue weighted by Crippen LogP contribution is 2.17. The molecule has 0 fully saturated rings. The summed E-state index contributed by atoms with van der Waals surface area (Å²) in [6.07, 6.45) is 0.435. The van der Waals surface area contributed by atoms with Crippen LogP contribution in [0.2, 0.25) is 5.02 Å². The number of carbonyl (C=O) groups is 1. The molecule has 0 aliphatic rings. The first-order chi connectivity index (χ1) is 11.9. The average Bonchev–Trinajstić information content (AvgIpc) is 2.90. The lowest BCUT2D eigenvalue weighted by Gasteiger charge is -2.07. The van der Waals surface area contributed by atoms with Crippen molar-refractivity contribution in [2.24, 2.45) is 0 Å². The van der Waals surface area contributed by atoms with E-state index in [1.807, 2.05) is 12.1 Å². The largest absolute Gasteiger partial charge is 0.462 e. The number of hydrogen-bond acceptors (Lipinski definition) is 4. The van der Waals surface area contributed by atoms with Crippen molar-refractivity contribution in [3.8, 4) is 0 Å². The summed E-state index contributed by atoms with van der Waals surface area (Å²) in [6.45, 7) is 5.48. The molecule has 1 N–H and O–H groups in total. The van der Waals surface area contributed by atoms with E-state index in [2.05, 4.69) is 10.1 Å². The van der Waals surface area contributed by atoms with Crippen LogP contribution in [-0.4, -0.2) is 27.2 Å². The number of H-pyrrole nitrogens is 1. The van der Waals surface area contributed by atoms with E-state index in [9.17, 15) is 9.59 Å². The van der Waals surface area contributed by atoms with Gasteiger partial charge in [0.2, 0.25) is 0 Å². The number of aryl methyl sites for hydroxylation is 2. The molecule has 7 heteroatoms. The molecule has 0 atom stereocenters. The van der Waals surface area contributed by atoms with E-state index < -0.39 is 5.97 Å². The molecule has 2 aromatic heterocycles. The van der Waals surface area contributed by atoms with E-state index in [1.165, 1.54) is 4.52 Å². The fraction of sp³-hybridized carbons (Fsp3) is 0.278. The highest BCUT2D eigenvalue weighted by Gasteiger charge is 2.22. The average molecular weight is 360 g/mol. The molecule has 0 saturated heterocycles. The van der Waals surface area contributed by atoms with Gasteiger partial charge in [0.1, 0.15) is 5.56 Å². The molecular formula is C18H18ClN3O3. The first-order valence-electron chi connectivity index (χ1n) is 7.94. The van der Waals surface area contributed by atoms with Crippen molar-refractivity contribution < 1.29 is 9.53 Å². The quantitative estimate of drug-likeness (QED) is 0.726. The van der Waals surface area contributed by atoms with Crippen molar-refractivity contribution in [3.63, 3.8) is 0 Å². The molecule has 3 rings (SSSR count). The number of esters is 1. The zero-order valence-electron chi connectivity index (χ0n) is 14.2. The Morgan fingerprint density at radius 2 is 1.96 bits per heavy atom. The first kappa shape index (κ1) is 17.2. The van der Waals surface area contributed by atoms with Crippen LogP contribution >= 0.6 is 11.6 Å². The summed E-state index contributed by atoms with van der Waals surface area (Å²) in [5, 5.41) is 3.56. The molecule has 0 spiro atoms. The van der Waals surface area contributed by atoms with Gasteiger partial charge < -0.3 is 4.74 Å². The molecule has 0 aliphatic carbocycles. The van der Waals surface area contributed by atoms with Crippen LogP contribution in [0.3, 0.4) is 0 Å². The van der Waals surface area contributed by atoms with E-state index in [4.69, 9.17) is 16.3 Å². The number of aromatic amines is 1. The monoisotopic (exact) mass is 359 g/mol. The van der Waals surface area contributed by atoms with Gasteiger partial charge in [-0.15, -0.1) is 0 Å². The Balaban J connectivity index is 2.12. The molecule has 0 saturated carbocycles. The third-order valence-electron chi connectivity index (χ3n) is 4.04. The maximum atomic E-state index is 12.9. The van der Waals surface area contributed by atoms with E-state index >= 15 is 0 Å². The van der Waals surface area contributed by atoms with Gasteiger partial charge in [0.25, 0.3) is 5.56 Å². The summed E-state index contributed by atoms with van der Waals surface area (Å²) < 4.78 is 6.37. The van der Waals surface area contributed by atoms with Gasteiger partial charge in [-0.1, -0.05) is 23.7 Å². The normalized spacial score (nSPS) is 11.0. The van der Waals surface area contributed by atoms with Crippen molar-refractivity contribution in [1.29, 1.82) is 0 Å². The zero-order chi connectivity index (χ0) is 18.1. The molecule has 2 heterocycles. The van der Waals surface area contributed by atoms with Crippen molar-refractivity contribution in [1.82, 2.24) is 14.6 Å². The number of halogens is 1. The molecule has 0 aliphatic heterocycles. The lowest BCUT2D eigenvalue weighted by Crippen LogP contribution is -2.22. The van der Waals surface area contributed by atoms with Crippen LogP contribution in [0.25, 0.3) is 5.65 Å². The number of hydrogen-bond donors (Lipinski definition) is 1. The molecule has 0 bridgehead atoms.